The number of carbonyl (C=O) groups excluding carboxylic acids is 1. The van der Waals surface area contributed by atoms with E-state index in [0.29, 0.717) is 29.7 Å². The highest BCUT2D eigenvalue weighted by Crippen LogP contribution is 2.67. The van der Waals surface area contributed by atoms with Gasteiger partial charge in [-0.25, -0.2) is 4.79 Å². The lowest BCUT2D eigenvalue weighted by molar-refractivity contribution is -0.210. The highest BCUT2D eigenvalue weighted by molar-refractivity contribution is 6.02. The molecule has 9 heteroatoms. The highest BCUT2D eigenvalue weighted by atomic mass is 16.5. The second-order valence-corrected chi connectivity index (χ2v) is 12.4. The lowest BCUT2D eigenvalue weighted by Gasteiger charge is -2.64. The number of carboxylic acids is 2. The number of phenols is 1. The summed E-state index contributed by atoms with van der Waals surface area (Å²) in [5.74, 6) is -2.14. The molecule has 37 heavy (non-hydrogen) atoms. The van der Waals surface area contributed by atoms with Crippen molar-refractivity contribution in [2.75, 3.05) is 0 Å². The number of aliphatic hydroxyl groups is 1. The van der Waals surface area contributed by atoms with Crippen molar-refractivity contribution in [1.29, 1.82) is 0 Å². The zero-order valence-electron chi connectivity index (χ0n) is 21.9. The number of carboxylic acid groups (broad SMARTS) is 2. The van der Waals surface area contributed by atoms with Crippen LogP contribution in [0.5, 0.6) is 11.5 Å². The van der Waals surface area contributed by atoms with E-state index >= 15 is 0 Å². The first kappa shape index (κ1) is 25.8. The van der Waals surface area contributed by atoms with E-state index in [9.17, 15) is 29.7 Å². The van der Waals surface area contributed by atoms with Crippen LogP contribution in [0.25, 0.3) is 0 Å². The van der Waals surface area contributed by atoms with E-state index in [1.54, 1.807) is 0 Å². The molecule has 4 aliphatic rings. The third-order valence-electron chi connectivity index (χ3n) is 10.4. The Morgan fingerprint density at radius 2 is 1.86 bits per heavy atom. The monoisotopic (exact) mass is 515 g/mol. The lowest BCUT2D eigenvalue weighted by Crippen LogP contribution is -2.66. The Morgan fingerprint density at radius 3 is 2.51 bits per heavy atom. The minimum absolute atomic E-state index is 0.0117. The van der Waals surface area contributed by atoms with Gasteiger partial charge in [-0.1, -0.05) is 27.7 Å². The van der Waals surface area contributed by atoms with E-state index in [2.05, 4.69) is 27.7 Å². The summed E-state index contributed by atoms with van der Waals surface area (Å²) in [4.78, 5) is 37.6. The van der Waals surface area contributed by atoms with Gasteiger partial charge in [0.2, 0.25) is 0 Å². The molecular formula is C28H37NO8. The molecule has 5 rings (SSSR count). The van der Waals surface area contributed by atoms with E-state index in [1.165, 1.54) is 11.0 Å². The number of aliphatic carboxylic acids is 2. The molecule has 1 amide bonds. The van der Waals surface area contributed by atoms with Crippen molar-refractivity contribution in [3.8, 4) is 11.5 Å². The van der Waals surface area contributed by atoms with Crippen molar-refractivity contribution in [2.45, 2.75) is 96.9 Å². The van der Waals surface area contributed by atoms with Crippen LogP contribution in [0.2, 0.25) is 0 Å². The maximum absolute atomic E-state index is 13.3. The Hall–Kier alpha value is -2.81. The van der Waals surface area contributed by atoms with Crippen LogP contribution in [0.15, 0.2) is 6.07 Å². The minimum atomic E-state index is -1.29. The average Bonchev–Trinajstić information content (AvgIpc) is 3.36. The fraction of sp³-hybridized carbons (Fsp3) is 0.679. The number of ether oxygens (including phenoxy) is 1. The molecule has 2 aliphatic carbocycles. The molecule has 1 unspecified atom stereocenters. The van der Waals surface area contributed by atoms with Crippen molar-refractivity contribution in [2.24, 2.45) is 22.7 Å². The maximum atomic E-state index is 13.3. The third kappa shape index (κ3) is 3.49. The topological polar surface area (TPSA) is 145 Å². The van der Waals surface area contributed by atoms with Gasteiger partial charge in [0.25, 0.3) is 5.91 Å². The standard InChI is InChI=1S/C28H37NO8/c1-14-5-7-20-26(2,3)21(31)9-10-27(20,4)28(14)12-16-19(30)11-15-17(23(16)37-28)13-29(24(15)34)18(25(35)36)6-8-22(32)33/h11,14,18,20-21,30-31H,5-10,12-13H2,1-4H3,(H,32,33)(H,35,36)/t14-,18?,20+,21-,27+,28-/m1/s1. The Balaban J connectivity index is 1.55. The molecule has 0 saturated heterocycles. The number of hydrogen-bond acceptors (Lipinski definition) is 6. The van der Waals surface area contributed by atoms with Crippen molar-refractivity contribution in [3.05, 3.63) is 22.8 Å². The molecule has 1 aromatic carbocycles. The smallest absolute Gasteiger partial charge is 0.326 e. The summed E-state index contributed by atoms with van der Waals surface area (Å²) in [6.07, 6.45) is 2.83. The van der Waals surface area contributed by atoms with Gasteiger partial charge in [-0.15, -0.1) is 0 Å². The first-order chi connectivity index (χ1) is 17.2. The third-order valence-corrected chi connectivity index (χ3v) is 10.4. The number of amides is 1. The normalized spacial score (nSPS) is 34.5. The molecule has 6 atom stereocenters. The molecule has 2 fully saturated rings. The molecule has 4 N–H and O–H groups in total. The summed E-state index contributed by atoms with van der Waals surface area (Å²) >= 11 is 0. The minimum Gasteiger partial charge on any atom is -0.508 e. The molecule has 1 aromatic rings. The molecule has 2 saturated carbocycles. The molecule has 2 aliphatic heterocycles. The second kappa shape index (κ2) is 8.35. The maximum Gasteiger partial charge on any atom is 0.326 e. The van der Waals surface area contributed by atoms with Gasteiger partial charge in [0, 0.05) is 29.4 Å². The Kier molecular flexibility index (Phi) is 5.83. The van der Waals surface area contributed by atoms with E-state index in [1.807, 2.05) is 0 Å². The zero-order chi connectivity index (χ0) is 27.1. The van der Waals surface area contributed by atoms with Crippen molar-refractivity contribution in [3.63, 3.8) is 0 Å². The number of aliphatic hydroxyl groups excluding tert-OH is 1. The van der Waals surface area contributed by atoms with Crippen LogP contribution in [0, 0.1) is 22.7 Å². The summed E-state index contributed by atoms with van der Waals surface area (Å²) in [5, 5.41) is 40.8. The van der Waals surface area contributed by atoms with Gasteiger partial charge < -0.3 is 30.1 Å². The van der Waals surface area contributed by atoms with E-state index in [4.69, 9.17) is 9.84 Å². The summed E-state index contributed by atoms with van der Waals surface area (Å²) in [6.45, 7) is 8.66. The Bertz CT molecular complexity index is 1180. The number of phenolic OH excluding ortho intramolecular Hbond substituents is 1. The van der Waals surface area contributed by atoms with Gasteiger partial charge in [-0.3, -0.25) is 9.59 Å². The summed E-state index contributed by atoms with van der Waals surface area (Å²) in [6, 6.07) is 0.122. The van der Waals surface area contributed by atoms with E-state index in [-0.39, 0.29) is 53.4 Å². The molecule has 9 nitrogen and oxygen atoms in total. The molecule has 202 valence electrons. The van der Waals surface area contributed by atoms with Gasteiger partial charge >= 0.3 is 11.9 Å². The van der Waals surface area contributed by atoms with E-state index < -0.39 is 35.6 Å². The van der Waals surface area contributed by atoms with Crippen molar-refractivity contribution >= 4 is 17.8 Å². The van der Waals surface area contributed by atoms with Crippen LogP contribution in [0.1, 0.15) is 87.7 Å². The van der Waals surface area contributed by atoms with Gasteiger partial charge in [0.05, 0.1) is 18.2 Å². The molecule has 0 bridgehead atoms. The zero-order valence-corrected chi connectivity index (χ0v) is 21.9. The summed E-state index contributed by atoms with van der Waals surface area (Å²) < 4.78 is 6.95. The van der Waals surface area contributed by atoms with Gasteiger partial charge in [0.15, 0.2) is 0 Å². The molecule has 0 radical (unpaired) electrons. The predicted molar refractivity (Wildman–Crippen MR) is 132 cm³/mol. The van der Waals surface area contributed by atoms with Crippen LogP contribution in [-0.4, -0.2) is 60.9 Å². The highest BCUT2D eigenvalue weighted by Gasteiger charge is 2.67. The van der Waals surface area contributed by atoms with Crippen LogP contribution >= 0.6 is 0 Å². The van der Waals surface area contributed by atoms with Crippen molar-refractivity contribution < 1.29 is 39.5 Å². The fourth-order valence-electron chi connectivity index (χ4n) is 8.22. The number of fused-ring (bicyclic) bond motifs is 5. The number of hydrogen-bond donors (Lipinski definition) is 4. The molecular weight excluding hydrogens is 478 g/mol. The number of aromatic hydroxyl groups is 1. The van der Waals surface area contributed by atoms with Gasteiger partial charge in [-0.05, 0) is 55.4 Å². The number of nitrogens with zero attached hydrogens (tertiary/aromatic N) is 1. The number of benzene rings is 1. The largest absolute Gasteiger partial charge is 0.508 e. The van der Waals surface area contributed by atoms with Gasteiger partial charge in [0.1, 0.15) is 23.1 Å². The van der Waals surface area contributed by atoms with Gasteiger partial charge in [-0.2, -0.15) is 0 Å². The quantitative estimate of drug-likeness (QED) is 0.466. The molecule has 2 heterocycles. The Morgan fingerprint density at radius 1 is 1.16 bits per heavy atom. The van der Waals surface area contributed by atoms with Crippen LogP contribution in [0.4, 0.5) is 0 Å². The number of carbonyl (C=O) groups is 3. The lowest BCUT2D eigenvalue weighted by atomic mass is 9.43. The predicted octanol–water partition coefficient (Wildman–Crippen LogP) is 3.57. The fourth-order valence-corrected chi connectivity index (χ4v) is 8.22. The average molecular weight is 516 g/mol. The van der Waals surface area contributed by atoms with Crippen molar-refractivity contribution in [1.82, 2.24) is 4.90 Å². The summed E-state index contributed by atoms with van der Waals surface area (Å²) in [5.41, 5.74) is 0.202. The van der Waals surface area contributed by atoms with Crippen LogP contribution in [-0.2, 0) is 22.6 Å². The second-order valence-electron chi connectivity index (χ2n) is 12.4. The van der Waals surface area contributed by atoms with Crippen LogP contribution in [0.3, 0.4) is 0 Å². The van der Waals surface area contributed by atoms with Crippen LogP contribution < -0.4 is 4.74 Å². The summed E-state index contributed by atoms with van der Waals surface area (Å²) in [7, 11) is 0. The first-order valence-electron chi connectivity index (χ1n) is 13.2. The first-order valence-corrected chi connectivity index (χ1v) is 13.2. The molecule has 1 spiro atoms. The SMILES string of the molecule is C[C@@H]1CC[C@H]2C(C)(C)[C@H](O)CC[C@]2(C)[C@@]12Cc1c(O)cc3c(c1O2)CN(C(CCC(=O)O)C(=O)O)C3=O. The van der Waals surface area contributed by atoms with E-state index in [0.717, 1.165) is 19.3 Å². The molecule has 0 aromatic heterocycles. The number of rotatable bonds is 5. The Labute approximate surface area is 216 Å².